The molecule has 3 N–H and O–H groups in total. The van der Waals surface area contributed by atoms with Crippen LogP contribution in [0.2, 0.25) is 5.02 Å². The molecule has 1 unspecified atom stereocenters. The molecule has 0 saturated carbocycles. The van der Waals surface area contributed by atoms with Crippen LogP contribution in [0.25, 0.3) is 0 Å². The molecule has 1 aromatic carbocycles. The molecular formula is C15H21ClN2O3. The van der Waals surface area contributed by atoms with Gasteiger partial charge < -0.3 is 15.7 Å². The van der Waals surface area contributed by atoms with E-state index in [1.165, 1.54) is 4.90 Å². The van der Waals surface area contributed by atoms with E-state index in [2.05, 4.69) is 0 Å². The molecule has 0 radical (unpaired) electrons. The summed E-state index contributed by atoms with van der Waals surface area (Å²) in [6.07, 6.45) is -1.03. The number of hydrogen-bond donors (Lipinski definition) is 2. The van der Waals surface area contributed by atoms with Crippen molar-refractivity contribution in [3.63, 3.8) is 0 Å². The smallest absolute Gasteiger partial charge is 0.237 e. The van der Waals surface area contributed by atoms with Gasteiger partial charge in [-0.05, 0) is 23.6 Å². The molecule has 0 saturated heterocycles. The fraction of sp³-hybridized carbons (Fsp3) is 0.467. The van der Waals surface area contributed by atoms with Crippen molar-refractivity contribution in [2.45, 2.75) is 26.4 Å². The van der Waals surface area contributed by atoms with Gasteiger partial charge in [-0.25, -0.2) is 0 Å². The summed E-state index contributed by atoms with van der Waals surface area (Å²) in [6.45, 7) is 4.17. The van der Waals surface area contributed by atoms with Crippen molar-refractivity contribution in [2.24, 2.45) is 11.7 Å². The van der Waals surface area contributed by atoms with Gasteiger partial charge in [0, 0.05) is 11.6 Å². The number of amides is 2. The van der Waals surface area contributed by atoms with Crippen LogP contribution < -0.4 is 5.73 Å². The normalized spacial score (nSPS) is 12.2. The van der Waals surface area contributed by atoms with E-state index >= 15 is 0 Å². The lowest BCUT2D eigenvalue weighted by Crippen LogP contribution is -2.41. The van der Waals surface area contributed by atoms with Gasteiger partial charge in [-0.3, -0.25) is 9.59 Å². The summed E-state index contributed by atoms with van der Waals surface area (Å²) >= 11 is 5.78. The van der Waals surface area contributed by atoms with Crippen LogP contribution in [0.15, 0.2) is 24.3 Å². The topological polar surface area (TPSA) is 83.6 Å². The first-order valence-corrected chi connectivity index (χ1v) is 7.17. The average Bonchev–Trinajstić information content (AvgIpc) is 2.37. The second-order valence-corrected chi connectivity index (χ2v) is 5.84. The van der Waals surface area contributed by atoms with Crippen molar-refractivity contribution in [1.82, 2.24) is 4.90 Å². The van der Waals surface area contributed by atoms with Gasteiger partial charge in [-0.15, -0.1) is 0 Å². The zero-order valence-electron chi connectivity index (χ0n) is 12.3. The molecule has 0 aliphatic rings. The number of carbonyl (C=O) groups excluding carboxylic acids is 2. The number of rotatable bonds is 7. The Kier molecular flexibility index (Phi) is 6.65. The SMILES string of the molecule is CC(C)CN(CC(N)=O)C(=O)CC(O)c1ccc(Cl)cc1. The van der Waals surface area contributed by atoms with Gasteiger partial charge in [0.1, 0.15) is 0 Å². The van der Waals surface area contributed by atoms with Gasteiger partial charge in [0.05, 0.1) is 19.1 Å². The maximum Gasteiger partial charge on any atom is 0.237 e. The molecule has 1 atom stereocenters. The minimum atomic E-state index is -0.933. The number of benzene rings is 1. The van der Waals surface area contributed by atoms with Crippen LogP contribution in [0.5, 0.6) is 0 Å². The molecule has 0 heterocycles. The highest BCUT2D eigenvalue weighted by Gasteiger charge is 2.21. The molecule has 0 spiro atoms. The van der Waals surface area contributed by atoms with Crippen LogP contribution in [0.1, 0.15) is 31.9 Å². The quantitative estimate of drug-likeness (QED) is 0.804. The van der Waals surface area contributed by atoms with Crippen molar-refractivity contribution in [2.75, 3.05) is 13.1 Å². The molecule has 1 aromatic rings. The third kappa shape index (κ3) is 6.14. The van der Waals surface area contributed by atoms with Gasteiger partial charge in [-0.2, -0.15) is 0 Å². The van der Waals surface area contributed by atoms with E-state index in [1.807, 2.05) is 13.8 Å². The molecule has 21 heavy (non-hydrogen) atoms. The van der Waals surface area contributed by atoms with Gasteiger partial charge in [-0.1, -0.05) is 37.6 Å². The number of nitrogens with two attached hydrogens (primary N) is 1. The predicted octanol–water partition coefficient (Wildman–Crippen LogP) is 1.73. The predicted molar refractivity (Wildman–Crippen MR) is 81.6 cm³/mol. The van der Waals surface area contributed by atoms with Crippen molar-refractivity contribution < 1.29 is 14.7 Å². The van der Waals surface area contributed by atoms with Crippen LogP contribution in [-0.4, -0.2) is 34.9 Å². The zero-order chi connectivity index (χ0) is 16.0. The largest absolute Gasteiger partial charge is 0.388 e. The zero-order valence-corrected chi connectivity index (χ0v) is 13.0. The van der Waals surface area contributed by atoms with Crippen LogP contribution in [-0.2, 0) is 9.59 Å². The summed E-state index contributed by atoms with van der Waals surface area (Å²) in [4.78, 5) is 24.6. The molecule has 0 aliphatic heterocycles. The van der Waals surface area contributed by atoms with Crippen LogP contribution in [0, 0.1) is 5.92 Å². The van der Waals surface area contributed by atoms with Gasteiger partial charge in [0.25, 0.3) is 0 Å². The van der Waals surface area contributed by atoms with E-state index in [0.29, 0.717) is 17.1 Å². The summed E-state index contributed by atoms with van der Waals surface area (Å²) < 4.78 is 0. The summed E-state index contributed by atoms with van der Waals surface area (Å²) in [6, 6.07) is 6.64. The van der Waals surface area contributed by atoms with Crippen molar-refractivity contribution >= 4 is 23.4 Å². The lowest BCUT2D eigenvalue weighted by atomic mass is 10.1. The Morgan fingerprint density at radius 3 is 2.33 bits per heavy atom. The molecule has 1 rings (SSSR count). The highest BCUT2D eigenvalue weighted by molar-refractivity contribution is 6.30. The Morgan fingerprint density at radius 1 is 1.29 bits per heavy atom. The Morgan fingerprint density at radius 2 is 1.86 bits per heavy atom. The number of nitrogens with zero attached hydrogens (tertiary/aromatic N) is 1. The number of aliphatic hydroxyl groups excluding tert-OH is 1. The maximum atomic E-state index is 12.2. The lowest BCUT2D eigenvalue weighted by molar-refractivity contribution is -0.137. The summed E-state index contributed by atoms with van der Waals surface area (Å²) in [5.74, 6) is -0.657. The molecule has 6 heteroatoms. The summed E-state index contributed by atoms with van der Waals surface area (Å²) in [5.41, 5.74) is 5.76. The van der Waals surface area contributed by atoms with E-state index in [1.54, 1.807) is 24.3 Å². The number of carbonyl (C=O) groups is 2. The Hall–Kier alpha value is -1.59. The monoisotopic (exact) mass is 312 g/mol. The first-order chi connectivity index (χ1) is 9.79. The molecule has 0 aromatic heterocycles. The van der Waals surface area contributed by atoms with Crippen LogP contribution >= 0.6 is 11.6 Å². The first kappa shape index (κ1) is 17.5. The number of primary amides is 1. The van der Waals surface area contributed by atoms with Gasteiger partial charge in [0.2, 0.25) is 11.8 Å². The molecule has 0 bridgehead atoms. The highest BCUT2D eigenvalue weighted by Crippen LogP contribution is 2.20. The third-order valence-corrected chi connectivity index (χ3v) is 3.16. The first-order valence-electron chi connectivity index (χ1n) is 6.79. The average molecular weight is 313 g/mol. The molecule has 116 valence electrons. The molecule has 2 amide bonds. The van der Waals surface area contributed by atoms with Crippen molar-refractivity contribution in [3.05, 3.63) is 34.9 Å². The minimum Gasteiger partial charge on any atom is -0.388 e. The Balaban J connectivity index is 2.70. The van der Waals surface area contributed by atoms with E-state index in [0.717, 1.165) is 0 Å². The van der Waals surface area contributed by atoms with Crippen molar-refractivity contribution in [1.29, 1.82) is 0 Å². The maximum absolute atomic E-state index is 12.2. The van der Waals surface area contributed by atoms with E-state index < -0.39 is 12.0 Å². The molecular weight excluding hydrogens is 292 g/mol. The fourth-order valence-corrected chi connectivity index (χ4v) is 2.11. The second kappa shape index (κ2) is 8.00. The lowest BCUT2D eigenvalue weighted by Gasteiger charge is -2.24. The molecule has 0 fully saturated rings. The highest BCUT2D eigenvalue weighted by atomic mass is 35.5. The molecule has 0 aliphatic carbocycles. The summed E-state index contributed by atoms with van der Waals surface area (Å²) in [5, 5.41) is 10.7. The molecule has 5 nitrogen and oxygen atoms in total. The van der Waals surface area contributed by atoms with Gasteiger partial charge in [0.15, 0.2) is 0 Å². The third-order valence-electron chi connectivity index (χ3n) is 2.91. The number of halogens is 1. The Bertz CT molecular complexity index is 488. The van der Waals surface area contributed by atoms with E-state index in [9.17, 15) is 14.7 Å². The fourth-order valence-electron chi connectivity index (χ4n) is 1.98. The number of hydrogen-bond acceptors (Lipinski definition) is 3. The minimum absolute atomic E-state index is 0.0956. The second-order valence-electron chi connectivity index (χ2n) is 5.41. The standard InChI is InChI=1S/C15H21ClN2O3/c1-10(2)8-18(9-14(17)20)15(21)7-13(19)11-3-5-12(16)6-4-11/h3-6,10,13,19H,7-9H2,1-2H3,(H2,17,20). The van der Waals surface area contributed by atoms with Crippen LogP contribution in [0.3, 0.4) is 0 Å². The van der Waals surface area contributed by atoms with E-state index in [4.69, 9.17) is 17.3 Å². The van der Waals surface area contributed by atoms with Crippen molar-refractivity contribution in [3.8, 4) is 0 Å². The van der Waals surface area contributed by atoms with Gasteiger partial charge >= 0.3 is 0 Å². The summed E-state index contributed by atoms with van der Waals surface area (Å²) in [7, 11) is 0. The number of aliphatic hydroxyl groups is 1. The van der Waals surface area contributed by atoms with Crippen LogP contribution in [0.4, 0.5) is 0 Å². The van der Waals surface area contributed by atoms with E-state index in [-0.39, 0.29) is 24.8 Å². The Labute approximate surface area is 129 Å².